The Bertz CT molecular complexity index is 1170. The Morgan fingerprint density at radius 3 is 2.56 bits per heavy atom. The molecule has 162 valence electrons. The van der Waals surface area contributed by atoms with E-state index in [1.165, 1.54) is 0 Å². The summed E-state index contributed by atoms with van der Waals surface area (Å²) in [5.74, 6) is 0.991. The van der Waals surface area contributed by atoms with Gasteiger partial charge in [-0.1, -0.05) is 56.3 Å². The summed E-state index contributed by atoms with van der Waals surface area (Å²) in [6.07, 6.45) is 4.93. The van der Waals surface area contributed by atoms with Gasteiger partial charge in [-0.05, 0) is 41.2 Å². The second-order valence-corrected chi connectivity index (χ2v) is 9.30. The fraction of sp³-hybridized carbons (Fsp3) is 0.259. The SMILES string of the molecule is CC1(C)CC(=O)C2=C(C1)Nc1cnccc1NC2c1ccc(OCc2ccccc2)cc1. The molecule has 1 aromatic heterocycles. The number of pyridine rings is 1. The molecule has 0 spiro atoms. The minimum absolute atomic E-state index is 0.0741. The number of hydrogen-bond acceptors (Lipinski definition) is 5. The molecule has 2 aliphatic rings. The molecule has 0 bridgehead atoms. The lowest BCUT2D eigenvalue weighted by Crippen LogP contribution is -2.31. The predicted octanol–water partition coefficient (Wildman–Crippen LogP) is 5.88. The van der Waals surface area contributed by atoms with Crippen LogP contribution in [0.1, 0.15) is 43.9 Å². The zero-order valence-electron chi connectivity index (χ0n) is 18.4. The van der Waals surface area contributed by atoms with E-state index < -0.39 is 0 Å². The van der Waals surface area contributed by atoms with E-state index in [4.69, 9.17) is 4.74 Å². The van der Waals surface area contributed by atoms with Crippen LogP contribution in [0.2, 0.25) is 0 Å². The monoisotopic (exact) mass is 425 g/mol. The molecule has 2 heterocycles. The Hall–Kier alpha value is -3.60. The fourth-order valence-corrected chi connectivity index (χ4v) is 4.54. The molecule has 5 heteroatoms. The van der Waals surface area contributed by atoms with E-state index in [2.05, 4.69) is 29.5 Å². The van der Waals surface area contributed by atoms with Gasteiger partial charge in [-0.2, -0.15) is 0 Å². The van der Waals surface area contributed by atoms with E-state index in [0.717, 1.165) is 45.9 Å². The first-order valence-electron chi connectivity index (χ1n) is 11.0. The van der Waals surface area contributed by atoms with Crippen molar-refractivity contribution in [2.45, 2.75) is 39.3 Å². The van der Waals surface area contributed by atoms with Gasteiger partial charge >= 0.3 is 0 Å². The second kappa shape index (κ2) is 8.15. The van der Waals surface area contributed by atoms with Crippen LogP contribution in [-0.4, -0.2) is 10.8 Å². The molecule has 0 fully saturated rings. The number of Topliss-reactive ketones (excluding diaryl/α,β-unsaturated/α-hetero) is 1. The van der Waals surface area contributed by atoms with Gasteiger partial charge in [0.25, 0.3) is 0 Å². The maximum absolute atomic E-state index is 13.3. The summed E-state index contributed by atoms with van der Waals surface area (Å²) in [7, 11) is 0. The smallest absolute Gasteiger partial charge is 0.163 e. The Labute approximate surface area is 188 Å². The fourth-order valence-electron chi connectivity index (χ4n) is 4.54. The first-order chi connectivity index (χ1) is 15.5. The lowest BCUT2D eigenvalue weighted by Gasteiger charge is -2.34. The molecular weight excluding hydrogens is 398 g/mol. The number of hydrogen-bond donors (Lipinski definition) is 2. The van der Waals surface area contributed by atoms with Crippen molar-refractivity contribution in [3.8, 4) is 5.75 Å². The highest BCUT2D eigenvalue weighted by molar-refractivity contribution is 6.01. The number of carbonyl (C=O) groups is 1. The quantitative estimate of drug-likeness (QED) is 0.546. The van der Waals surface area contributed by atoms with E-state index in [-0.39, 0.29) is 17.2 Å². The molecule has 2 N–H and O–H groups in total. The van der Waals surface area contributed by atoms with Crippen LogP contribution in [0.15, 0.2) is 84.3 Å². The molecule has 1 aliphatic carbocycles. The van der Waals surface area contributed by atoms with Gasteiger partial charge in [-0.3, -0.25) is 9.78 Å². The average Bonchev–Trinajstić information content (AvgIpc) is 2.94. The summed E-state index contributed by atoms with van der Waals surface area (Å²) in [5.41, 5.74) is 5.73. The summed E-state index contributed by atoms with van der Waals surface area (Å²) in [6.45, 7) is 4.81. The van der Waals surface area contributed by atoms with Gasteiger partial charge in [0, 0.05) is 23.9 Å². The zero-order chi connectivity index (χ0) is 22.1. The lowest BCUT2D eigenvalue weighted by molar-refractivity contribution is -0.118. The Balaban J connectivity index is 1.46. The van der Waals surface area contributed by atoms with Gasteiger partial charge in [-0.25, -0.2) is 0 Å². The molecule has 1 aliphatic heterocycles. The maximum atomic E-state index is 13.3. The van der Waals surface area contributed by atoms with Gasteiger partial charge in [0.15, 0.2) is 5.78 Å². The van der Waals surface area contributed by atoms with Crippen LogP contribution in [0.25, 0.3) is 0 Å². The molecule has 0 radical (unpaired) electrons. The topological polar surface area (TPSA) is 63.2 Å². The van der Waals surface area contributed by atoms with Crippen molar-refractivity contribution in [3.05, 3.63) is 95.5 Å². The number of aromatic nitrogens is 1. The van der Waals surface area contributed by atoms with Crippen molar-refractivity contribution in [2.75, 3.05) is 10.6 Å². The number of carbonyl (C=O) groups excluding carboxylic acids is 1. The molecule has 32 heavy (non-hydrogen) atoms. The molecule has 3 aromatic rings. The van der Waals surface area contributed by atoms with E-state index in [0.29, 0.717) is 13.0 Å². The standard InChI is InChI=1S/C27H27N3O2/c1-27(2)14-22-25(24(31)15-27)26(30-21-12-13-28-16-23(21)29-22)19-8-10-20(11-9-19)32-17-18-6-4-3-5-7-18/h3-13,16,26,29-30H,14-15,17H2,1-2H3. The van der Waals surface area contributed by atoms with Crippen molar-refractivity contribution in [1.82, 2.24) is 4.98 Å². The molecule has 0 saturated carbocycles. The Morgan fingerprint density at radius 2 is 1.78 bits per heavy atom. The molecule has 1 unspecified atom stereocenters. The minimum atomic E-state index is -0.229. The zero-order valence-corrected chi connectivity index (χ0v) is 18.4. The van der Waals surface area contributed by atoms with Gasteiger partial charge < -0.3 is 15.4 Å². The maximum Gasteiger partial charge on any atom is 0.163 e. The third-order valence-electron chi connectivity index (χ3n) is 6.08. The van der Waals surface area contributed by atoms with Gasteiger partial charge in [-0.15, -0.1) is 0 Å². The van der Waals surface area contributed by atoms with Crippen LogP contribution in [-0.2, 0) is 11.4 Å². The summed E-state index contributed by atoms with van der Waals surface area (Å²) >= 11 is 0. The molecule has 2 aromatic carbocycles. The second-order valence-electron chi connectivity index (χ2n) is 9.30. The van der Waals surface area contributed by atoms with Crippen LogP contribution in [0.4, 0.5) is 11.4 Å². The molecule has 0 saturated heterocycles. The average molecular weight is 426 g/mol. The summed E-state index contributed by atoms with van der Waals surface area (Å²) in [4.78, 5) is 17.5. The molecule has 5 nitrogen and oxygen atoms in total. The third-order valence-corrected chi connectivity index (χ3v) is 6.08. The van der Waals surface area contributed by atoms with Crippen molar-refractivity contribution in [3.63, 3.8) is 0 Å². The number of benzene rings is 2. The molecular formula is C27H27N3O2. The predicted molar refractivity (Wildman–Crippen MR) is 126 cm³/mol. The number of fused-ring (bicyclic) bond motifs is 1. The Kier molecular flexibility index (Phi) is 5.17. The van der Waals surface area contributed by atoms with E-state index in [9.17, 15) is 4.79 Å². The summed E-state index contributed by atoms with van der Waals surface area (Å²) in [6, 6.07) is 19.9. The third kappa shape index (κ3) is 4.11. The Morgan fingerprint density at radius 1 is 1.00 bits per heavy atom. The van der Waals surface area contributed by atoms with Crippen molar-refractivity contribution >= 4 is 17.2 Å². The molecule has 5 rings (SSSR count). The molecule has 1 atom stereocenters. The van der Waals surface area contributed by atoms with Crippen LogP contribution < -0.4 is 15.4 Å². The number of nitrogens with one attached hydrogen (secondary N) is 2. The molecule has 0 amide bonds. The first-order valence-corrected chi connectivity index (χ1v) is 11.0. The largest absolute Gasteiger partial charge is 0.489 e. The van der Waals surface area contributed by atoms with Crippen LogP contribution in [0.5, 0.6) is 5.75 Å². The number of nitrogens with zero attached hydrogens (tertiary/aromatic N) is 1. The minimum Gasteiger partial charge on any atom is -0.489 e. The highest BCUT2D eigenvalue weighted by Gasteiger charge is 2.38. The number of rotatable bonds is 4. The van der Waals surface area contributed by atoms with Crippen LogP contribution >= 0.6 is 0 Å². The van der Waals surface area contributed by atoms with E-state index in [1.54, 1.807) is 6.20 Å². The van der Waals surface area contributed by atoms with Crippen molar-refractivity contribution < 1.29 is 9.53 Å². The highest BCUT2D eigenvalue weighted by atomic mass is 16.5. The summed E-state index contributed by atoms with van der Waals surface area (Å²) < 4.78 is 5.95. The van der Waals surface area contributed by atoms with Gasteiger partial charge in [0.05, 0.1) is 23.6 Å². The van der Waals surface area contributed by atoms with Crippen LogP contribution in [0.3, 0.4) is 0 Å². The first kappa shape index (κ1) is 20.3. The normalized spacial score (nSPS) is 19.2. The number of anilines is 2. The van der Waals surface area contributed by atoms with Crippen molar-refractivity contribution in [1.29, 1.82) is 0 Å². The highest BCUT2D eigenvalue weighted by Crippen LogP contribution is 2.45. The summed E-state index contributed by atoms with van der Waals surface area (Å²) in [5, 5.41) is 7.09. The number of ether oxygens (including phenoxy) is 1. The van der Waals surface area contributed by atoms with Gasteiger partial charge in [0.2, 0.25) is 0 Å². The van der Waals surface area contributed by atoms with Crippen molar-refractivity contribution in [2.24, 2.45) is 5.41 Å². The number of ketones is 1. The lowest BCUT2D eigenvalue weighted by atomic mass is 9.73. The van der Waals surface area contributed by atoms with E-state index in [1.807, 2.05) is 66.9 Å². The van der Waals surface area contributed by atoms with E-state index >= 15 is 0 Å². The number of allylic oxidation sites excluding steroid dienone is 1. The van der Waals surface area contributed by atoms with Crippen LogP contribution in [0, 0.1) is 5.41 Å². The van der Waals surface area contributed by atoms with Gasteiger partial charge in [0.1, 0.15) is 12.4 Å².